The molecular weight excluding hydrogens is 204 g/mol. The molecule has 0 bridgehead atoms. The van der Waals surface area contributed by atoms with Gasteiger partial charge in [0.2, 0.25) is 0 Å². The third-order valence-electron chi connectivity index (χ3n) is 2.84. The molecule has 16 heavy (non-hydrogen) atoms. The van der Waals surface area contributed by atoms with Crippen LogP contribution in [-0.4, -0.2) is 37.3 Å². The molecule has 0 aromatic heterocycles. The van der Waals surface area contributed by atoms with Crippen LogP contribution in [0.15, 0.2) is 24.3 Å². The van der Waals surface area contributed by atoms with Crippen molar-refractivity contribution < 1.29 is 15.2 Å². The van der Waals surface area contributed by atoms with E-state index >= 15 is 0 Å². The highest BCUT2D eigenvalue weighted by molar-refractivity contribution is 5.96. The van der Waals surface area contributed by atoms with Crippen LogP contribution in [-0.2, 0) is 11.2 Å². The fraction of sp³-hybridized carbons (Fsp3) is 0.417. The van der Waals surface area contributed by atoms with Gasteiger partial charge in [-0.3, -0.25) is 4.79 Å². The van der Waals surface area contributed by atoms with E-state index in [2.05, 4.69) is 6.07 Å². The van der Waals surface area contributed by atoms with Crippen molar-refractivity contribution >= 4 is 11.6 Å². The summed E-state index contributed by atoms with van der Waals surface area (Å²) in [5, 5.41) is 10.5. The van der Waals surface area contributed by atoms with Gasteiger partial charge in [-0.2, -0.15) is 0 Å². The zero-order valence-corrected chi connectivity index (χ0v) is 9.22. The van der Waals surface area contributed by atoms with Crippen LogP contribution in [0.5, 0.6) is 0 Å². The third kappa shape index (κ3) is 2.23. The van der Waals surface area contributed by atoms with Gasteiger partial charge in [-0.1, -0.05) is 18.2 Å². The van der Waals surface area contributed by atoms with Gasteiger partial charge in [-0.25, -0.2) is 0 Å². The summed E-state index contributed by atoms with van der Waals surface area (Å²) in [6, 6.07) is 8.03. The number of nitrogens with zero attached hydrogens (tertiary/aromatic N) is 1. The molecule has 1 amide bonds. The van der Waals surface area contributed by atoms with E-state index in [0.29, 0.717) is 13.1 Å². The number of carbonyl (C=O) groups excluding carboxylic acids is 1. The van der Waals surface area contributed by atoms with E-state index in [9.17, 15) is 4.79 Å². The predicted molar refractivity (Wildman–Crippen MR) is 61.2 cm³/mol. The minimum Gasteiger partial charge on any atom is -0.391 e. The van der Waals surface area contributed by atoms with E-state index in [1.54, 1.807) is 0 Å². The Kier molecular flexibility index (Phi) is 3.54. The number of aliphatic hydroxyl groups excluding tert-OH is 1. The summed E-state index contributed by atoms with van der Waals surface area (Å²) >= 11 is 0. The number of hydrogen-bond donors (Lipinski definition) is 2. The maximum atomic E-state index is 11.9. The first-order valence-corrected chi connectivity index (χ1v) is 5.63. The zero-order valence-electron chi connectivity index (χ0n) is 9.22. The molecular formula is C12H17N2O2+. The Morgan fingerprint density at radius 2 is 2.25 bits per heavy atom. The van der Waals surface area contributed by atoms with Crippen LogP contribution in [0.1, 0.15) is 5.56 Å². The van der Waals surface area contributed by atoms with Crippen LogP contribution >= 0.6 is 0 Å². The molecule has 0 aliphatic carbocycles. The second-order valence-electron chi connectivity index (χ2n) is 3.93. The molecule has 4 nitrogen and oxygen atoms in total. The second kappa shape index (κ2) is 5.09. The number of amides is 1. The summed E-state index contributed by atoms with van der Waals surface area (Å²) < 4.78 is 0. The van der Waals surface area contributed by atoms with Gasteiger partial charge in [0.1, 0.15) is 0 Å². The van der Waals surface area contributed by atoms with E-state index in [0.717, 1.165) is 18.7 Å². The highest BCUT2D eigenvalue weighted by Crippen LogP contribution is 2.26. The minimum atomic E-state index is 0.115. The Bertz CT molecular complexity index is 379. The van der Waals surface area contributed by atoms with Gasteiger partial charge in [0, 0.05) is 12.2 Å². The third-order valence-corrected chi connectivity index (χ3v) is 2.84. The molecule has 86 valence electrons. The number of fused-ring (bicyclic) bond motifs is 1. The SMILES string of the molecule is O=C(C[NH2+]CCO)N1CCc2ccccc21. The monoisotopic (exact) mass is 221 g/mol. The predicted octanol–water partition coefficient (Wildman–Crippen LogP) is -0.869. The van der Waals surface area contributed by atoms with Crippen LogP contribution in [0.4, 0.5) is 5.69 Å². The number of carbonyl (C=O) groups is 1. The van der Waals surface area contributed by atoms with Crippen molar-refractivity contribution in [3.8, 4) is 0 Å². The van der Waals surface area contributed by atoms with Crippen LogP contribution in [0.3, 0.4) is 0 Å². The van der Waals surface area contributed by atoms with E-state index < -0.39 is 0 Å². The summed E-state index contributed by atoms with van der Waals surface area (Å²) in [6.45, 7) is 1.89. The van der Waals surface area contributed by atoms with Crippen molar-refractivity contribution in [3.05, 3.63) is 29.8 Å². The number of aliphatic hydroxyl groups is 1. The average Bonchev–Trinajstić information content (AvgIpc) is 2.73. The largest absolute Gasteiger partial charge is 0.391 e. The standard InChI is InChI=1S/C12H16N2O2/c15-8-6-13-9-12(16)14-7-5-10-3-1-2-4-11(10)14/h1-4,13,15H,5-9H2/p+1. The van der Waals surface area contributed by atoms with E-state index in [1.807, 2.05) is 28.4 Å². The van der Waals surface area contributed by atoms with Gasteiger partial charge in [0.15, 0.2) is 6.54 Å². The van der Waals surface area contributed by atoms with Gasteiger partial charge >= 0.3 is 0 Å². The van der Waals surface area contributed by atoms with E-state index in [-0.39, 0.29) is 12.5 Å². The van der Waals surface area contributed by atoms with Gasteiger partial charge < -0.3 is 15.3 Å². The zero-order chi connectivity index (χ0) is 11.4. The van der Waals surface area contributed by atoms with Crippen molar-refractivity contribution in [2.45, 2.75) is 6.42 Å². The van der Waals surface area contributed by atoms with Crippen LogP contribution in [0.25, 0.3) is 0 Å². The Morgan fingerprint density at radius 1 is 1.44 bits per heavy atom. The highest BCUT2D eigenvalue weighted by Gasteiger charge is 2.24. The van der Waals surface area contributed by atoms with Gasteiger partial charge in [-0.05, 0) is 18.1 Å². The fourth-order valence-corrected chi connectivity index (χ4v) is 2.02. The molecule has 0 unspecified atom stereocenters. The molecule has 0 saturated heterocycles. The van der Waals surface area contributed by atoms with Crippen molar-refractivity contribution in [2.75, 3.05) is 31.1 Å². The van der Waals surface area contributed by atoms with Gasteiger partial charge in [0.05, 0.1) is 13.2 Å². The molecule has 3 N–H and O–H groups in total. The molecule has 0 spiro atoms. The number of hydrogen-bond acceptors (Lipinski definition) is 2. The molecule has 2 rings (SSSR count). The minimum absolute atomic E-state index is 0.115. The number of quaternary nitrogens is 1. The molecule has 0 saturated carbocycles. The Morgan fingerprint density at radius 3 is 3.06 bits per heavy atom. The van der Waals surface area contributed by atoms with Gasteiger partial charge in [0.25, 0.3) is 5.91 Å². The fourth-order valence-electron chi connectivity index (χ4n) is 2.02. The number of rotatable bonds is 4. The quantitative estimate of drug-likeness (QED) is 0.649. The van der Waals surface area contributed by atoms with E-state index in [4.69, 9.17) is 5.11 Å². The van der Waals surface area contributed by atoms with Crippen molar-refractivity contribution in [3.63, 3.8) is 0 Å². The maximum Gasteiger partial charge on any atom is 0.282 e. The lowest BCUT2D eigenvalue weighted by Crippen LogP contribution is -2.87. The molecule has 1 aromatic rings. The van der Waals surface area contributed by atoms with Crippen molar-refractivity contribution in [1.29, 1.82) is 0 Å². The lowest BCUT2D eigenvalue weighted by molar-refractivity contribution is -0.645. The lowest BCUT2D eigenvalue weighted by Gasteiger charge is -2.15. The molecule has 1 aliphatic rings. The molecule has 1 heterocycles. The van der Waals surface area contributed by atoms with Crippen molar-refractivity contribution in [2.24, 2.45) is 0 Å². The van der Waals surface area contributed by atoms with Crippen molar-refractivity contribution in [1.82, 2.24) is 0 Å². The smallest absolute Gasteiger partial charge is 0.282 e. The highest BCUT2D eigenvalue weighted by atomic mass is 16.3. The maximum absolute atomic E-state index is 11.9. The van der Waals surface area contributed by atoms with Crippen LogP contribution in [0.2, 0.25) is 0 Å². The molecule has 0 atom stereocenters. The van der Waals surface area contributed by atoms with E-state index in [1.165, 1.54) is 5.56 Å². The Balaban J connectivity index is 1.99. The second-order valence-corrected chi connectivity index (χ2v) is 3.93. The Labute approximate surface area is 94.9 Å². The van der Waals surface area contributed by atoms with Crippen LogP contribution in [0, 0.1) is 0 Å². The molecule has 1 aromatic carbocycles. The first kappa shape index (κ1) is 11.1. The summed E-state index contributed by atoms with van der Waals surface area (Å²) in [5.41, 5.74) is 2.29. The average molecular weight is 221 g/mol. The lowest BCUT2D eigenvalue weighted by atomic mass is 10.2. The number of para-hydroxylation sites is 1. The number of benzene rings is 1. The molecule has 0 radical (unpaired) electrons. The summed E-state index contributed by atoms with van der Waals surface area (Å²) in [7, 11) is 0. The molecule has 0 fully saturated rings. The normalized spacial score (nSPS) is 13.9. The first-order chi connectivity index (χ1) is 7.83. The van der Waals surface area contributed by atoms with Crippen LogP contribution < -0.4 is 10.2 Å². The molecule has 4 heteroatoms. The number of nitrogens with two attached hydrogens (primary N) is 1. The van der Waals surface area contributed by atoms with Gasteiger partial charge in [-0.15, -0.1) is 0 Å². The summed E-state index contributed by atoms with van der Waals surface area (Å²) in [6.07, 6.45) is 0.946. The summed E-state index contributed by atoms with van der Waals surface area (Å²) in [5.74, 6) is 0.124. The summed E-state index contributed by atoms with van der Waals surface area (Å²) in [4.78, 5) is 13.7. The Hall–Kier alpha value is -1.39. The first-order valence-electron chi connectivity index (χ1n) is 5.63. The topological polar surface area (TPSA) is 57.1 Å². The number of anilines is 1. The molecule has 1 aliphatic heterocycles.